The quantitative estimate of drug-likeness (QED) is 0.631. The molecule has 1 aliphatic rings. The lowest BCUT2D eigenvalue weighted by Gasteiger charge is -2.20. The van der Waals surface area contributed by atoms with Crippen molar-refractivity contribution in [2.24, 2.45) is 7.05 Å². The maximum Gasteiger partial charge on any atom is 0.338 e. The first kappa shape index (κ1) is 20.6. The Hall–Kier alpha value is -2.67. The molecule has 1 saturated carbocycles. The molecule has 0 unspecified atom stereocenters. The molecule has 2 aromatic heterocycles. The maximum atomic E-state index is 13.1. The molecule has 0 bridgehead atoms. The van der Waals surface area contributed by atoms with Crippen molar-refractivity contribution in [2.75, 3.05) is 13.6 Å². The fourth-order valence-electron chi connectivity index (χ4n) is 4.08. The van der Waals surface area contributed by atoms with E-state index < -0.39 is 5.69 Å². The molecule has 0 spiro atoms. The number of rotatable bonds is 4. The zero-order valence-corrected chi connectivity index (χ0v) is 18.1. The molecule has 30 heavy (non-hydrogen) atoms. The van der Waals surface area contributed by atoms with Crippen molar-refractivity contribution in [1.29, 1.82) is 0 Å². The van der Waals surface area contributed by atoms with E-state index in [2.05, 4.69) is 9.97 Å². The van der Waals surface area contributed by atoms with Crippen LogP contribution in [0.5, 0.6) is 0 Å². The Labute approximate surface area is 180 Å². The van der Waals surface area contributed by atoms with Crippen molar-refractivity contribution in [2.45, 2.75) is 44.4 Å². The number of hydrogen-bond donors (Lipinski definition) is 0. The Kier molecular flexibility index (Phi) is 5.90. The van der Waals surface area contributed by atoms with Crippen LogP contribution in [0.1, 0.15) is 49.4 Å². The molecule has 0 aliphatic heterocycles. The molecule has 7 nitrogen and oxygen atoms in total. The van der Waals surface area contributed by atoms with Gasteiger partial charge in [0.25, 0.3) is 0 Å². The molecule has 0 saturated heterocycles. The van der Waals surface area contributed by atoms with Crippen LogP contribution in [0.15, 0.2) is 35.3 Å². The minimum absolute atomic E-state index is 0.333. The molecule has 2 heterocycles. The SMILES string of the molecule is CN(CCc1ccc(Cl)cc1)C(=O)n1c(=O)n(C)c2nc(C3CCCCC3)ncc21. The highest BCUT2D eigenvalue weighted by molar-refractivity contribution is 6.30. The molecule has 1 amide bonds. The van der Waals surface area contributed by atoms with Crippen LogP contribution >= 0.6 is 11.6 Å². The number of aryl methyl sites for hydroxylation is 1. The van der Waals surface area contributed by atoms with Crippen LogP contribution in [0, 0.1) is 0 Å². The maximum absolute atomic E-state index is 13.1. The van der Waals surface area contributed by atoms with Gasteiger partial charge in [0, 0.05) is 31.6 Å². The van der Waals surface area contributed by atoms with Crippen molar-refractivity contribution in [3.63, 3.8) is 0 Å². The van der Waals surface area contributed by atoms with Crippen molar-refractivity contribution in [3.8, 4) is 0 Å². The standard InChI is InChI=1S/C22H26ClN5O2/c1-26(13-12-15-8-10-17(23)11-9-15)21(29)28-18-14-24-19(16-6-4-3-5-7-16)25-20(18)27(2)22(28)30/h8-11,14,16H,3-7,12-13H2,1-2H3. The molecule has 158 valence electrons. The lowest BCUT2D eigenvalue weighted by atomic mass is 9.89. The Morgan fingerprint density at radius 1 is 1.20 bits per heavy atom. The summed E-state index contributed by atoms with van der Waals surface area (Å²) in [5.74, 6) is 1.11. The number of carbonyl (C=O) groups is 1. The number of benzene rings is 1. The van der Waals surface area contributed by atoms with Gasteiger partial charge in [0.2, 0.25) is 0 Å². The van der Waals surface area contributed by atoms with Gasteiger partial charge in [0.05, 0.1) is 6.20 Å². The zero-order chi connectivity index (χ0) is 21.3. The normalized spacial score (nSPS) is 14.9. The second-order valence-electron chi connectivity index (χ2n) is 8.03. The molecule has 1 aromatic carbocycles. The van der Waals surface area contributed by atoms with E-state index >= 15 is 0 Å². The average Bonchev–Trinajstić information content (AvgIpc) is 3.03. The average molecular weight is 428 g/mol. The third-order valence-electron chi connectivity index (χ3n) is 5.94. The Morgan fingerprint density at radius 2 is 1.90 bits per heavy atom. The smallest absolute Gasteiger partial charge is 0.327 e. The summed E-state index contributed by atoms with van der Waals surface area (Å²) in [7, 11) is 3.35. The molecule has 0 radical (unpaired) electrons. The summed E-state index contributed by atoms with van der Waals surface area (Å²) in [5, 5.41) is 0.679. The summed E-state index contributed by atoms with van der Waals surface area (Å²) in [6.07, 6.45) is 8.06. The van der Waals surface area contributed by atoms with Crippen LogP contribution < -0.4 is 5.69 Å². The van der Waals surface area contributed by atoms with Gasteiger partial charge in [-0.3, -0.25) is 4.57 Å². The lowest BCUT2D eigenvalue weighted by molar-refractivity contribution is 0.211. The minimum Gasteiger partial charge on any atom is -0.327 e. The van der Waals surface area contributed by atoms with Gasteiger partial charge in [-0.05, 0) is 37.0 Å². The summed E-state index contributed by atoms with van der Waals surface area (Å²) in [6, 6.07) is 7.15. The van der Waals surface area contributed by atoms with Crippen molar-refractivity contribution in [1.82, 2.24) is 24.0 Å². The Bertz CT molecular complexity index is 1110. The van der Waals surface area contributed by atoms with Crippen LogP contribution in [0.4, 0.5) is 4.79 Å². The number of halogens is 1. The first-order chi connectivity index (χ1) is 14.5. The number of amides is 1. The van der Waals surface area contributed by atoms with Gasteiger partial charge in [-0.2, -0.15) is 0 Å². The van der Waals surface area contributed by atoms with E-state index in [1.165, 1.54) is 28.4 Å². The highest BCUT2D eigenvalue weighted by Gasteiger charge is 2.24. The van der Waals surface area contributed by atoms with Gasteiger partial charge in [-0.1, -0.05) is 43.0 Å². The molecule has 4 rings (SSSR count). The number of carbonyl (C=O) groups excluding carboxylic acids is 1. The molecular weight excluding hydrogens is 402 g/mol. The van der Waals surface area contributed by atoms with Gasteiger partial charge < -0.3 is 4.90 Å². The number of likely N-dealkylation sites (N-methyl/N-ethyl adjacent to an activating group) is 1. The van der Waals surface area contributed by atoms with E-state index in [0.29, 0.717) is 35.1 Å². The van der Waals surface area contributed by atoms with E-state index in [-0.39, 0.29) is 6.03 Å². The van der Waals surface area contributed by atoms with Crippen LogP contribution in [-0.2, 0) is 13.5 Å². The van der Waals surface area contributed by atoms with Crippen molar-refractivity contribution < 1.29 is 4.79 Å². The van der Waals surface area contributed by atoms with E-state index in [1.54, 1.807) is 25.2 Å². The topological polar surface area (TPSA) is 73.0 Å². The van der Waals surface area contributed by atoms with Crippen molar-refractivity contribution in [3.05, 3.63) is 57.4 Å². The highest BCUT2D eigenvalue weighted by atomic mass is 35.5. The number of nitrogens with zero attached hydrogens (tertiary/aromatic N) is 5. The van der Waals surface area contributed by atoms with Crippen LogP contribution in [0.2, 0.25) is 5.02 Å². The van der Waals surface area contributed by atoms with Crippen molar-refractivity contribution >= 4 is 28.8 Å². The lowest BCUT2D eigenvalue weighted by Crippen LogP contribution is -2.38. The van der Waals surface area contributed by atoms with Gasteiger partial charge in [-0.15, -0.1) is 0 Å². The Balaban J connectivity index is 1.57. The third kappa shape index (κ3) is 3.99. The van der Waals surface area contributed by atoms with Gasteiger partial charge >= 0.3 is 11.7 Å². The second kappa shape index (κ2) is 8.60. The molecule has 8 heteroatoms. The molecule has 3 aromatic rings. The zero-order valence-electron chi connectivity index (χ0n) is 17.3. The first-order valence-corrected chi connectivity index (χ1v) is 10.8. The number of aromatic nitrogens is 4. The van der Waals surface area contributed by atoms with E-state index in [1.807, 2.05) is 24.3 Å². The highest BCUT2D eigenvalue weighted by Crippen LogP contribution is 2.31. The fraction of sp³-hybridized carbons (Fsp3) is 0.455. The van der Waals surface area contributed by atoms with E-state index in [9.17, 15) is 9.59 Å². The summed E-state index contributed by atoms with van der Waals surface area (Å²) >= 11 is 5.92. The molecule has 1 aliphatic carbocycles. The van der Waals surface area contributed by atoms with Gasteiger partial charge in [-0.25, -0.2) is 24.1 Å². The second-order valence-corrected chi connectivity index (χ2v) is 8.47. The van der Waals surface area contributed by atoms with Crippen LogP contribution in [0.3, 0.4) is 0 Å². The fourth-order valence-corrected chi connectivity index (χ4v) is 4.21. The number of hydrogen-bond acceptors (Lipinski definition) is 4. The Morgan fingerprint density at radius 3 is 2.60 bits per heavy atom. The first-order valence-electron chi connectivity index (χ1n) is 10.4. The van der Waals surface area contributed by atoms with Gasteiger partial charge in [0.15, 0.2) is 5.65 Å². The molecule has 1 fully saturated rings. The number of fused-ring (bicyclic) bond motifs is 1. The summed E-state index contributed by atoms with van der Waals surface area (Å²) < 4.78 is 2.61. The van der Waals surface area contributed by atoms with Crippen LogP contribution in [-0.4, -0.2) is 43.6 Å². The third-order valence-corrected chi connectivity index (χ3v) is 6.19. The largest absolute Gasteiger partial charge is 0.338 e. The molecular formula is C22H26ClN5O2. The minimum atomic E-state index is -0.400. The summed E-state index contributed by atoms with van der Waals surface area (Å²) in [6.45, 7) is 0.476. The van der Waals surface area contributed by atoms with Crippen LogP contribution in [0.25, 0.3) is 11.2 Å². The number of imidazole rings is 1. The molecule has 0 atom stereocenters. The van der Waals surface area contributed by atoms with Gasteiger partial charge in [0.1, 0.15) is 11.3 Å². The monoisotopic (exact) mass is 427 g/mol. The molecule has 0 N–H and O–H groups in total. The summed E-state index contributed by atoms with van der Waals surface area (Å²) in [5.41, 5.74) is 1.63. The van der Waals surface area contributed by atoms with E-state index in [4.69, 9.17) is 11.6 Å². The summed E-state index contributed by atoms with van der Waals surface area (Å²) in [4.78, 5) is 36.6. The van der Waals surface area contributed by atoms with E-state index in [0.717, 1.165) is 24.2 Å². The predicted molar refractivity (Wildman–Crippen MR) is 117 cm³/mol. The predicted octanol–water partition coefficient (Wildman–Crippen LogP) is 3.97.